The fourth-order valence-corrected chi connectivity index (χ4v) is 3.92. The molecule has 0 radical (unpaired) electrons. The molecule has 1 saturated heterocycles. The maximum atomic E-state index is 12.7. The molecule has 2 heterocycles. The second kappa shape index (κ2) is 9.28. The molecule has 1 fully saturated rings. The van der Waals surface area contributed by atoms with Gasteiger partial charge in [0.25, 0.3) is 17.7 Å². The Hall–Kier alpha value is -2.94. The van der Waals surface area contributed by atoms with Gasteiger partial charge in [0.15, 0.2) is 6.61 Å². The van der Waals surface area contributed by atoms with E-state index in [1.165, 1.54) is 18.2 Å². The van der Waals surface area contributed by atoms with E-state index in [2.05, 4.69) is 5.32 Å². The summed E-state index contributed by atoms with van der Waals surface area (Å²) in [6, 6.07) is 8.84. The molecule has 4 rings (SSSR count). The summed E-state index contributed by atoms with van der Waals surface area (Å²) in [6.07, 6.45) is 1.50. The molecule has 0 bridgehead atoms. The monoisotopic (exact) mass is 476 g/mol. The third kappa shape index (κ3) is 4.48. The van der Waals surface area contributed by atoms with Gasteiger partial charge in [-0.15, -0.1) is 0 Å². The summed E-state index contributed by atoms with van der Waals surface area (Å²) >= 11 is 11.9. The van der Waals surface area contributed by atoms with Crippen LogP contribution >= 0.6 is 23.2 Å². The number of fused-ring (bicyclic) bond motifs is 1. The van der Waals surface area contributed by atoms with Crippen molar-refractivity contribution in [2.75, 3.05) is 25.1 Å². The van der Waals surface area contributed by atoms with Crippen molar-refractivity contribution in [2.24, 2.45) is 0 Å². The maximum absolute atomic E-state index is 12.7. The van der Waals surface area contributed by atoms with Gasteiger partial charge in [-0.1, -0.05) is 29.3 Å². The van der Waals surface area contributed by atoms with Crippen LogP contribution in [0.3, 0.4) is 0 Å². The summed E-state index contributed by atoms with van der Waals surface area (Å²) in [7, 11) is 0. The number of hydrogen-bond acceptors (Lipinski definition) is 6. The first-order chi connectivity index (χ1) is 15.3. The van der Waals surface area contributed by atoms with E-state index in [1.807, 2.05) is 0 Å². The molecule has 0 aromatic heterocycles. The lowest BCUT2D eigenvalue weighted by Gasteiger charge is -2.17. The molecule has 0 aliphatic carbocycles. The van der Waals surface area contributed by atoms with E-state index in [1.54, 1.807) is 18.2 Å². The Balaban J connectivity index is 1.39. The molecule has 2 aromatic carbocycles. The number of carbonyl (C=O) groups is 4. The van der Waals surface area contributed by atoms with E-state index >= 15 is 0 Å². The number of nitrogens with zero attached hydrogens (tertiary/aromatic N) is 1. The molecule has 2 aromatic rings. The van der Waals surface area contributed by atoms with Gasteiger partial charge in [0.1, 0.15) is 0 Å². The summed E-state index contributed by atoms with van der Waals surface area (Å²) in [5, 5.41) is 2.94. The van der Waals surface area contributed by atoms with Crippen LogP contribution in [0.5, 0.6) is 0 Å². The van der Waals surface area contributed by atoms with E-state index in [-0.39, 0.29) is 45.1 Å². The van der Waals surface area contributed by atoms with E-state index in [4.69, 9.17) is 32.7 Å². The Morgan fingerprint density at radius 2 is 1.91 bits per heavy atom. The van der Waals surface area contributed by atoms with Gasteiger partial charge in [0.2, 0.25) is 0 Å². The molecule has 8 nitrogen and oxygen atoms in total. The van der Waals surface area contributed by atoms with Crippen LogP contribution in [0.15, 0.2) is 36.4 Å². The number of imide groups is 1. The third-order valence-electron chi connectivity index (χ3n) is 5.18. The van der Waals surface area contributed by atoms with E-state index in [0.29, 0.717) is 6.61 Å². The Morgan fingerprint density at radius 1 is 1.12 bits per heavy atom. The zero-order chi connectivity index (χ0) is 22.8. The van der Waals surface area contributed by atoms with Crippen LogP contribution in [0.4, 0.5) is 5.69 Å². The topological polar surface area (TPSA) is 102 Å². The van der Waals surface area contributed by atoms with Gasteiger partial charge in [0.05, 0.1) is 45.1 Å². The van der Waals surface area contributed by atoms with E-state index < -0.39 is 30.3 Å². The highest BCUT2D eigenvalue weighted by Crippen LogP contribution is 2.29. The van der Waals surface area contributed by atoms with Crippen molar-refractivity contribution in [3.8, 4) is 0 Å². The zero-order valence-corrected chi connectivity index (χ0v) is 18.2. The summed E-state index contributed by atoms with van der Waals surface area (Å²) < 4.78 is 10.5. The van der Waals surface area contributed by atoms with Crippen LogP contribution < -0.4 is 5.32 Å². The Labute approximate surface area is 193 Å². The molecule has 166 valence electrons. The molecule has 10 heteroatoms. The lowest BCUT2D eigenvalue weighted by Crippen LogP contribution is -2.36. The maximum Gasteiger partial charge on any atom is 0.338 e. The van der Waals surface area contributed by atoms with Gasteiger partial charge in [-0.2, -0.15) is 0 Å². The number of halogens is 2. The first-order valence-corrected chi connectivity index (χ1v) is 10.6. The number of hydrogen-bond donors (Lipinski definition) is 1. The van der Waals surface area contributed by atoms with Crippen molar-refractivity contribution in [3.05, 3.63) is 63.1 Å². The number of ether oxygens (including phenoxy) is 2. The highest BCUT2D eigenvalue weighted by atomic mass is 35.5. The number of amides is 3. The number of anilines is 1. The number of esters is 1. The van der Waals surface area contributed by atoms with Crippen LogP contribution in [0, 0.1) is 0 Å². The minimum atomic E-state index is -0.807. The molecule has 2 aliphatic rings. The van der Waals surface area contributed by atoms with Crippen LogP contribution in [-0.4, -0.2) is 54.5 Å². The second-order valence-electron chi connectivity index (χ2n) is 7.34. The summed E-state index contributed by atoms with van der Waals surface area (Å²) in [5.74, 6) is -2.32. The first kappa shape index (κ1) is 22.3. The predicted molar refractivity (Wildman–Crippen MR) is 116 cm³/mol. The van der Waals surface area contributed by atoms with Crippen molar-refractivity contribution in [1.29, 1.82) is 0 Å². The molecule has 0 spiro atoms. The third-order valence-corrected chi connectivity index (χ3v) is 6.00. The fourth-order valence-electron chi connectivity index (χ4n) is 3.58. The lowest BCUT2D eigenvalue weighted by atomic mass is 10.1. The minimum absolute atomic E-state index is 0.0532. The Bertz CT molecular complexity index is 1110. The van der Waals surface area contributed by atoms with Crippen molar-refractivity contribution in [1.82, 2.24) is 4.90 Å². The largest absolute Gasteiger partial charge is 0.452 e. The average Bonchev–Trinajstić information content (AvgIpc) is 3.38. The number of carbonyl (C=O) groups excluding carboxylic acids is 4. The SMILES string of the molecule is O=C(COC(=O)c1ccc2c(c1)C(=O)N(C[C@H]1CCCO1)C2=O)Nc1cccc(Cl)c1Cl. The fraction of sp³-hybridized carbons (Fsp3) is 0.273. The summed E-state index contributed by atoms with van der Waals surface area (Å²) in [6.45, 7) is 0.218. The molecular weight excluding hydrogens is 459 g/mol. The highest BCUT2D eigenvalue weighted by Gasteiger charge is 2.38. The van der Waals surface area contributed by atoms with Crippen molar-refractivity contribution < 1.29 is 28.7 Å². The number of benzene rings is 2. The standard InChI is InChI=1S/C22H18Cl2N2O6/c23-16-4-1-5-17(19(16)24)25-18(27)11-32-22(30)12-6-7-14-15(9-12)21(29)26(20(14)28)10-13-3-2-8-31-13/h1,4-7,9,13H,2-3,8,10-11H2,(H,25,27)/t13-/m1/s1. The zero-order valence-electron chi connectivity index (χ0n) is 16.7. The van der Waals surface area contributed by atoms with Crippen molar-refractivity contribution in [3.63, 3.8) is 0 Å². The smallest absolute Gasteiger partial charge is 0.338 e. The Kier molecular flexibility index (Phi) is 6.45. The van der Waals surface area contributed by atoms with Gasteiger partial charge in [-0.25, -0.2) is 4.79 Å². The quantitative estimate of drug-likeness (QED) is 0.504. The van der Waals surface area contributed by atoms with E-state index in [9.17, 15) is 19.2 Å². The second-order valence-corrected chi connectivity index (χ2v) is 8.13. The number of rotatable bonds is 6. The molecular formula is C22H18Cl2N2O6. The van der Waals surface area contributed by atoms with Gasteiger partial charge < -0.3 is 14.8 Å². The predicted octanol–water partition coefficient (Wildman–Crippen LogP) is 3.56. The lowest BCUT2D eigenvalue weighted by molar-refractivity contribution is -0.119. The number of nitrogens with one attached hydrogen (secondary N) is 1. The summed E-state index contributed by atoms with van der Waals surface area (Å²) in [4.78, 5) is 50.9. The molecule has 1 atom stereocenters. The van der Waals surface area contributed by atoms with Gasteiger partial charge in [-0.3, -0.25) is 19.3 Å². The average molecular weight is 477 g/mol. The van der Waals surface area contributed by atoms with Crippen LogP contribution in [0.25, 0.3) is 0 Å². The molecule has 2 aliphatic heterocycles. The van der Waals surface area contributed by atoms with Crippen LogP contribution in [0.1, 0.15) is 43.9 Å². The normalized spacial score (nSPS) is 17.4. The van der Waals surface area contributed by atoms with E-state index in [0.717, 1.165) is 17.7 Å². The molecule has 3 amide bonds. The minimum Gasteiger partial charge on any atom is -0.452 e. The molecule has 32 heavy (non-hydrogen) atoms. The highest BCUT2D eigenvalue weighted by molar-refractivity contribution is 6.44. The first-order valence-electron chi connectivity index (χ1n) is 9.88. The molecule has 1 N–H and O–H groups in total. The molecule has 0 unspecified atom stereocenters. The van der Waals surface area contributed by atoms with Crippen LogP contribution in [0.2, 0.25) is 10.0 Å². The van der Waals surface area contributed by atoms with Crippen molar-refractivity contribution >= 4 is 52.6 Å². The van der Waals surface area contributed by atoms with Gasteiger partial charge in [-0.05, 0) is 43.2 Å². The Morgan fingerprint density at radius 3 is 2.66 bits per heavy atom. The van der Waals surface area contributed by atoms with Gasteiger partial charge in [0, 0.05) is 6.61 Å². The van der Waals surface area contributed by atoms with Gasteiger partial charge >= 0.3 is 5.97 Å². The van der Waals surface area contributed by atoms with Crippen LogP contribution in [-0.2, 0) is 14.3 Å². The molecule has 0 saturated carbocycles. The summed E-state index contributed by atoms with van der Waals surface area (Å²) in [5.41, 5.74) is 0.682. The van der Waals surface area contributed by atoms with Crippen molar-refractivity contribution in [2.45, 2.75) is 18.9 Å².